The maximum Gasteiger partial charge on any atom is 0.362 e. The van der Waals surface area contributed by atoms with Crippen LogP contribution in [0, 0.1) is 21.4 Å². The lowest BCUT2D eigenvalue weighted by Crippen LogP contribution is -2.72. The van der Waals surface area contributed by atoms with E-state index in [1.165, 1.54) is 43.5 Å². The number of non-ortho nitro benzene ring substituents is 1. The van der Waals surface area contributed by atoms with Gasteiger partial charge in [0.1, 0.15) is 18.3 Å². The topological polar surface area (TPSA) is 258 Å². The van der Waals surface area contributed by atoms with Gasteiger partial charge in [-0.2, -0.15) is 13.7 Å². The summed E-state index contributed by atoms with van der Waals surface area (Å²) >= 11 is 0.936. The Balaban J connectivity index is 1.76. The molecule has 1 saturated heterocycles. The van der Waals surface area contributed by atoms with Crippen LogP contribution in [0.2, 0.25) is 0 Å². The molecular formula is C21H21N7O10S2. The first-order valence-corrected chi connectivity index (χ1v) is 13.3. The second-order valence-electron chi connectivity index (χ2n) is 8.60. The van der Waals surface area contributed by atoms with E-state index in [0.29, 0.717) is 5.56 Å². The second kappa shape index (κ2) is 11.6. The van der Waals surface area contributed by atoms with Gasteiger partial charge >= 0.3 is 16.3 Å². The molecule has 0 radical (unpaired) electrons. The van der Waals surface area contributed by atoms with E-state index >= 15 is 0 Å². The van der Waals surface area contributed by atoms with Gasteiger partial charge in [-0.05, 0) is 31.5 Å². The zero-order chi connectivity index (χ0) is 29.8. The highest BCUT2D eigenvalue weighted by molar-refractivity contribution is 7.84. The number of benzene rings is 1. The van der Waals surface area contributed by atoms with Crippen molar-refractivity contribution >= 4 is 56.0 Å². The molecule has 1 aliphatic heterocycles. The molecule has 2 heterocycles. The van der Waals surface area contributed by atoms with Gasteiger partial charge in [0.25, 0.3) is 17.5 Å². The molecule has 2 unspecified atom stereocenters. The third kappa shape index (κ3) is 6.66. The standard InChI is InChI=1S/C21H21N7O10S2/c1-21(2,19(31)37-9-11-3-5-12(6-4-11)28(32)33)38-26-15(13-10-39-20(23)24-13)17(29)25-16-14(7-8-22)27(18(16)30)40(34,35)36/h3-6,10,14,16H,7,9H2,1-2H3,(H2,23,24)(H,25,29)(H,34,35,36)/b26-15-. The summed E-state index contributed by atoms with van der Waals surface area (Å²) in [6.45, 7) is 2.31. The molecule has 40 heavy (non-hydrogen) atoms. The number of nitro groups is 1. The highest BCUT2D eigenvalue weighted by Crippen LogP contribution is 2.26. The smallest absolute Gasteiger partial charge is 0.362 e. The van der Waals surface area contributed by atoms with Crippen LogP contribution in [0.4, 0.5) is 10.8 Å². The van der Waals surface area contributed by atoms with E-state index in [9.17, 15) is 37.5 Å². The van der Waals surface area contributed by atoms with Crippen molar-refractivity contribution in [2.75, 3.05) is 5.73 Å². The molecule has 0 saturated carbocycles. The van der Waals surface area contributed by atoms with Crippen molar-refractivity contribution in [2.24, 2.45) is 5.16 Å². The number of amides is 2. The van der Waals surface area contributed by atoms with Crippen molar-refractivity contribution in [3.63, 3.8) is 0 Å². The normalized spacial score (nSPS) is 17.4. The molecular weight excluding hydrogens is 574 g/mol. The zero-order valence-corrected chi connectivity index (χ0v) is 22.3. The van der Waals surface area contributed by atoms with Crippen LogP contribution in [-0.4, -0.2) is 68.4 Å². The van der Waals surface area contributed by atoms with Gasteiger partial charge in [0.15, 0.2) is 10.8 Å². The number of aromatic nitrogens is 1. The molecule has 19 heteroatoms. The predicted octanol–water partition coefficient (Wildman–Crippen LogP) is 0.288. The minimum absolute atomic E-state index is 0.0388. The van der Waals surface area contributed by atoms with E-state index in [-0.39, 0.29) is 27.4 Å². The van der Waals surface area contributed by atoms with Crippen LogP contribution in [0.5, 0.6) is 0 Å². The number of hydrogen-bond acceptors (Lipinski definition) is 14. The Morgan fingerprint density at radius 2 is 2.02 bits per heavy atom. The minimum atomic E-state index is -4.98. The van der Waals surface area contributed by atoms with Crippen molar-refractivity contribution in [1.29, 1.82) is 5.26 Å². The van der Waals surface area contributed by atoms with Crippen LogP contribution < -0.4 is 11.1 Å². The lowest BCUT2D eigenvalue weighted by molar-refractivity contribution is -0.384. The molecule has 2 amide bonds. The Morgan fingerprint density at radius 3 is 2.55 bits per heavy atom. The predicted molar refractivity (Wildman–Crippen MR) is 135 cm³/mol. The van der Waals surface area contributed by atoms with Gasteiger partial charge in [-0.1, -0.05) is 5.16 Å². The largest absolute Gasteiger partial charge is 0.458 e. The van der Waals surface area contributed by atoms with Gasteiger partial charge in [-0.3, -0.25) is 24.3 Å². The molecule has 1 aliphatic rings. The highest BCUT2D eigenvalue weighted by atomic mass is 32.2. The van der Waals surface area contributed by atoms with E-state index in [0.717, 1.165) is 11.3 Å². The third-order valence-corrected chi connectivity index (χ3v) is 6.98. The van der Waals surface area contributed by atoms with E-state index in [1.54, 1.807) is 6.07 Å². The lowest BCUT2D eigenvalue weighted by Gasteiger charge is -2.43. The van der Waals surface area contributed by atoms with Crippen molar-refractivity contribution in [2.45, 2.75) is 44.6 Å². The number of esters is 1. The molecule has 1 aromatic carbocycles. The van der Waals surface area contributed by atoms with Crippen LogP contribution in [-0.2, 0) is 40.9 Å². The average Bonchev–Trinajstić information content (AvgIpc) is 3.30. The van der Waals surface area contributed by atoms with Crippen molar-refractivity contribution < 1.29 is 41.9 Å². The van der Waals surface area contributed by atoms with Crippen LogP contribution >= 0.6 is 11.3 Å². The summed E-state index contributed by atoms with van der Waals surface area (Å²) in [5.74, 6) is -3.19. The molecule has 3 rings (SSSR count). The van der Waals surface area contributed by atoms with Crippen molar-refractivity contribution in [3.05, 3.63) is 51.0 Å². The summed E-state index contributed by atoms with van der Waals surface area (Å²) in [7, 11) is -4.98. The molecule has 0 spiro atoms. The number of oxime groups is 1. The van der Waals surface area contributed by atoms with E-state index in [4.69, 9.17) is 20.6 Å². The Kier molecular flexibility index (Phi) is 8.67. The summed E-state index contributed by atoms with van der Waals surface area (Å²) in [5.41, 5.74) is 3.52. The number of nitrogens with one attached hydrogen (secondary N) is 1. The molecule has 17 nitrogen and oxygen atoms in total. The van der Waals surface area contributed by atoms with Gasteiger partial charge in [0.05, 0.1) is 23.5 Å². The Hall–Kier alpha value is -4.67. The van der Waals surface area contributed by atoms with Crippen LogP contribution in [0.25, 0.3) is 0 Å². The Labute approximate surface area is 230 Å². The third-order valence-electron chi connectivity index (χ3n) is 5.36. The molecule has 0 bridgehead atoms. The molecule has 4 N–H and O–H groups in total. The summed E-state index contributed by atoms with van der Waals surface area (Å²) in [5, 5.41) is 27.1. The quantitative estimate of drug-likeness (QED) is 0.0789. The van der Waals surface area contributed by atoms with E-state index in [2.05, 4.69) is 15.5 Å². The maximum atomic E-state index is 13.1. The lowest BCUT2D eigenvalue weighted by atomic mass is 9.96. The first kappa shape index (κ1) is 29.9. The first-order valence-electron chi connectivity index (χ1n) is 11.0. The summed E-state index contributed by atoms with van der Waals surface area (Å²) in [6, 6.07) is 4.05. The van der Waals surface area contributed by atoms with Gasteiger partial charge in [0, 0.05) is 17.5 Å². The van der Waals surface area contributed by atoms with Crippen LogP contribution in [0.15, 0.2) is 34.8 Å². The number of carbonyl (C=O) groups excluding carboxylic acids is 3. The number of carbonyl (C=O) groups is 3. The summed E-state index contributed by atoms with van der Waals surface area (Å²) < 4.78 is 37.4. The average molecular weight is 596 g/mol. The number of rotatable bonds is 11. The van der Waals surface area contributed by atoms with Crippen LogP contribution in [0.3, 0.4) is 0 Å². The number of hydrogen-bond donors (Lipinski definition) is 3. The number of thiazole rings is 1. The van der Waals surface area contributed by atoms with Gasteiger partial charge in [-0.15, -0.1) is 11.3 Å². The van der Waals surface area contributed by atoms with E-state index < -0.39 is 62.8 Å². The maximum absolute atomic E-state index is 13.1. The number of nitro benzene ring substituents is 1. The fourth-order valence-electron chi connectivity index (χ4n) is 3.30. The molecule has 2 atom stereocenters. The van der Waals surface area contributed by atoms with Gasteiger partial charge < -0.3 is 20.6 Å². The molecule has 212 valence electrons. The number of ether oxygens (including phenoxy) is 1. The zero-order valence-electron chi connectivity index (χ0n) is 20.7. The Bertz CT molecular complexity index is 1510. The first-order chi connectivity index (χ1) is 18.7. The Morgan fingerprint density at radius 1 is 1.38 bits per heavy atom. The number of nitrogens with two attached hydrogens (primary N) is 1. The van der Waals surface area contributed by atoms with Crippen molar-refractivity contribution in [1.82, 2.24) is 14.6 Å². The molecule has 0 aliphatic carbocycles. The fourth-order valence-corrected chi connectivity index (χ4v) is 4.73. The minimum Gasteiger partial charge on any atom is -0.458 e. The monoisotopic (exact) mass is 595 g/mol. The number of nitriles is 1. The van der Waals surface area contributed by atoms with E-state index in [1.807, 2.05) is 0 Å². The van der Waals surface area contributed by atoms with Gasteiger partial charge in [0.2, 0.25) is 5.60 Å². The number of nitrogens with zero attached hydrogens (tertiary/aromatic N) is 5. The van der Waals surface area contributed by atoms with Gasteiger partial charge in [-0.25, -0.2) is 14.1 Å². The van der Waals surface area contributed by atoms with Crippen molar-refractivity contribution in [3.8, 4) is 6.07 Å². The molecule has 1 fully saturated rings. The second-order valence-corrected chi connectivity index (χ2v) is 10.8. The summed E-state index contributed by atoms with van der Waals surface area (Å²) in [6.07, 6.45) is -0.531. The highest BCUT2D eigenvalue weighted by Gasteiger charge is 2.54. The number of nitrogen functional groups attached to an aromatic ring is 1. The number of anilines is 1. The molecule has 2 aromatic rings. The number of β-lactam (4-membered cyclic amide) rings is 1. The summed E-state index contributed by atoms with van der Waals surface area (Å²) in [4.78, 5) is 57.4. The fraction of sp³-hybridized carbons (Fsp3) is 0.333. The van der Waals surface area contributed by atoms with Crippen LogP contribution in [0.1, 0.15) is 31.5 Å². The molecule has 1 aromatic heterocycles. The SMILES string of the molecule is CC(C)(O/N=C(\C(=O)NC1C(=O)N(S(=O)(=O)O)C1CC#N)c1csc(N)n1)C(=O)OCc1ccc([N+](=O)[O-])cc1.